The zero-order valence-corrected chi connectivity index (χ0v) is 18.3. The molecule has 0 radical (unpaired) electrons. The van der Waals surface area contributed by atoms with Crippen LogP contribution in [0.25, 0.3) is 0 Å². The molecule has 1 fully saturated rings. The van der Waals surface area contributed by atoms with Gasteiger partial charge in [-0.3, -0.25) is 9.59 Å². The van der Waals surface area contributed by atoms with Gasteiger partial charge in [-0.25, -0.2) is 0 Å². The molecular formula is C24H36O5. The Morgan fingerprint density at radius 3 is 2.66 bits per heavy atom. The summed E-state index contributed by atoms with van der Waals surface area (Å²) in [6.07, 6.45) is 7.34. The molecule has 0 bridgehead atoms. The minimum atomic E-state index is -0.697. The van der Waals surface area contributed by atoms with Crippen molar-refractivity contribution in [3.8, 4) is 0 Å². The van der Waals surface area contributed by atoms with Gasteiger partial charge in [-0.05, 0) is 29.7 Å². The van der Waals surface area contributed by atoms with Crippen LogP contribution in [0.4, 0.5) is 0 Å². The van der Waals surface area contributed by atoms with Gasteiger partial charge < -0.3 is 14.6 Å². The fourth-order valence-electron chi connectivity index (χ4n) is 5.43. The number of cyclic esters (lactones) is 1. The molecule has 0 spiro atoms. The third-order valence-corrected chi connectivity index (χ3v) is 7.27. The Kier molecular flexibility index (Phi) is 6.87. The zero-order chi connectivity index (χ0) is 21.3. The Bertz CT molecular complexity index is 681. The average Bonchev–Trinajstić information content (AvgIpc) is 2.66. The van der Waals surface area contributed by atoms with E-state index >= 15 is 0 Å². The molecular weight excluding hydrogens is 368 g/mol. The van der Waals surface area contributed by atoms with Gasteiger partial charge in [0, 0.05) is 18.3 Å². The van der Waals surface area contributed by atoms with Crippen LogP contribution in [0.2, 0.25) is 0 Å². The third kappa shape index (κ3) is 4.45. The van der Waals surface area contributed by atoms with Crippen molar-refractivity contribution in [3.63, 3.8) is 0 Å². The van der Waals surface area contributed by atoms with Crippen LogP contribution < -0.4 is 0 Å². The molecule has 5 heteroatoms. The number of fused-ring (bicyclic) bond motifs is 1. The van der Waals surface area contributed by atoms with E-state index in [9.17, 15) is 14.7 Å². The molecule has 1 saturated heterocycles. The summed E-state index contributed by atoms with van der Waals surface area (Å²) in [6.45, 7) is 10.4. The third-order valence-electron chi connectivity index (χ3n) is 7.27. The molecule has 1 heterocycles. The summed E-state index contributed by atoms with van der Waals surface area (Å²) in [7, 11) is 0. The fraction of sp³-hybridized carbons (Fsp3) is 0.750. The number of hydrogen-bond acceptors (Lipinski definition) is 5. The number of carbonyl (C=O) groups is 2. The largest absolute Gasteiger partial charge is 0.462 e. The predicted molar refractivity (Wildman–Crippen MR) is 111 cm³/mol. The van der Waals surface area contributed by atoms with Crippen molar-refractivity contribution in [1.29, 1.82) is 0 Å². The Labute approximate surface area is 174 Å². The molecule has 0 amide bonds. The zero-order valence-electron chi connectivity index (χ0n) is 18.3. The van der Waals surface area contributed by atoms with Gasteiger partial charge in [0.25, 0.3) is 0 Å². The lowest BCUT2D eigenvalue weighted by molar-refractivity contribution is -0.181. The van der Waals surface area contributed by atoms with Crippen molar-refractivity contribution < 1.29 is 24.2 Å². The number of ether oxygens (including phenoxy) is 2. The van der Waals surface area contributed by atoms with Gasteiger partial charge in [0.2, 0.25) is 0 Å². The number of aliphatic hydroxyl groups is 1. The Morgan fingerprint density at radius 1 is 1.31 bits per heavy atom. The molecule has 3 rings (SSSR count). The molecule has 3 aliphatic rings. The van der Waals surface area contributed by atoms with Crippen molar-refractivity contribution in [2.24, 2.45) is 35.5 Å². The first-order chi connectivity index (χ1) is 13.8. The van der Waals surface area contributed by atoms with E-state index in [1.54, 1.807) is 0 Å². The molecule has 0 saturated carbocycles. The van der Waals surface area contributed by atoms with E-state index < -0.39 is 12.2 Å². The summed E-state index contributed by atoms with van der Waals surface area (Å²) < 4.78 is 11.9. The smallest absolute Gasteiger partial charge is 0.308 e. The number of esters is 2. The first kappa shape index (κ1) is 22.1. The van der Waals surface area contributed by atoms with E-state index in [-0.39, 0.29) is 48.1 Å². The van der Waals surface area contributed by atoms with Gasteiger partial charge in [0.1, 0.15) is 12.2 Å². The van der Waals surface area contributed by atoms with Crippen LogP contribution in [-0.2, 0) is 19.1 Å². The molecule has 1 aliphatic heterocycles. The lowest BCUT2D eigenvalue weighted by Gasteiger charge is -2.49. The van der Waals surface area contributed by atoms with Crippen molar-refractivity contribution in [2.45, 2.75) is 78.6 Å². The van der Waals surface area contributed by atoms with E-state index in [4.69, 9.17) is 9.47 Å². The Hall–Kier alpha value is -1.62. The maximum Gasteiger partial charge on any atom is 0.308 e. The summed E-state index contributed by atoms with van der Waals surface area (Å²) in [5, 5.41) is 10.2. The van der Waals surface area contributed by atoms with Crippen molar-refractivity contribution in [2.75, 3.05) is 0 Å². The Balaban J connectivity index is 2.00. The van der Waals surface area contributed by atoms with Gasteiger partial charge in [0.05, 0.1) is 18.4 Å². The van der Waals surface area contributed by atoms with E-state index in [2.05, 4.69) is 39.0 Å². The van der Waals surface area contributed by atoms with Crippen LogP contribution in [0.1, 0.15) is 60.3 Å². The summed E-state index contributed by atoms with van der Waals surface area (Å²) >= 11 is 0. The summed E-state index contributed by atoms with van der Waals surface area (Å²) in [5.41, 5.74) is 1.23. The van der Waals surface area contributed by atoms with Crippen LogP contribution in [0.5, 0.6) is 0 Å². The number of carbonyl (C=O) groups excluding carboxylic acids is 2. The first-order valence-corrected chi connectivity index (χ1v) is 11.2. The monoisotopic (exact) mass is 404 g/mol. The molecule has 2 aliphatic carbocycles. The highest BCUT2D eigenvalue weighted by Gasteiger charge is 2.50. The minimum absolute atomic E-state index is 0.0385. The number of rotatable bonds is 5. The first-order valence-electron chi connectivity index (χ1n) is 11.2. The van der Waals surface area contributed by atoms with Gasteiger partial charge in [-0.15, -0.1) is 0 Å². The number of allylic oxidation sites excluding steroid dienone is 3. The van der Waals surface area contributed by atoms with Crippen LogP contribution in [-0.4, -0.2) is 35.4 Å². The highest BCUT2D eigenvalue weighted by Crippen LogP contribution is 2.48. The molecule has 0 aromatic carbocycles. The lowest BCUT2D eigenvalue weighted by Crippen LogP contribution is -2.53. The van der Waals surface area contributed by atoms with Gasteiger partial charge in [-0.2, -0.15) is 0 Å². The van der Waals surface area contributed by atoms with E-state index in [0.717, 1.165) is 12.8 Å². The standard InChI is InChI=1S/C24H36O5/c1-6-13(3)24(27)29-23-21(19-11-17(25)12-20(26)28-19)15(5)10-16-9-8-14(4)18(7-2)22(16)23/h8-10,13-15,17-19,21-23,25H,6-7,11-12H2,1-5H3. The van der Waals surface area contributed by atoms with Crippen LogP contribution in [0.15, 0.2) is 23.8 Å². The minimum Gasteiger partial charge on any atom is -0.462 e. The molecule has 0 aromatic rings. The topological polar surface area (TPSA) is 72.8 Å². The molecule has 162 valence electrons. The van der Waals surface area contributed by atoms with Gasteiger partial charge in [0.15, 0.2) is 0 Å². The van der Waals surface area contributed by atoms with Crippen molar-refractivity contribution in [1.82, 2.24) is 0 Å². The predicted octanol–water partition coefficient (Wildman–Crippen LogP) is 4.05. The van der Waals surface area contributed by atoms with E-state index in [0.29, 0.717) is 18.3 Å². The maximum absolute atomic E-state index is 12.8. The summed E-state index contributed by atoms with van der Waals surface area (Å²) in [5.74, 6) is 0.0459. The second kappa shape index (κ2) is 9.03. The maximum atomic E-state index is 12.8. The number of hydrogen-bond donors (Lipinski definition) is 1. The Morgan fingerprint density at radius 2 is 2.03 bits per heavy atom. The summed E-state index contributed by atoms with van der Waals surface area (Å²) in [4.78, 5) is 24.9. The van der Waals surface area contributed by atoms with Gasteiger partial charge >= 0.3 is 11.9 Å². The quantitative estimate of drug-likeness (QED) is 0.700. The lowest BCUT2D eigenvalue weighted by atomic mass is 9.61. The average molecular weight is 405 g/mol. The normalized spacial score (nSPS) is 40.5. The number of aliphatic hydroxyl groups excluding tert-OH is 1. The van der Waals surface area contributed by atoms with Crippen LogP contribution in [0, 0.1) is 35.5 Å². The van der Waals surface area contributed by atoms with Crippen LogP contribution >= 0.6 is 0 Å². The van der Waals surface area contributed by atoms with Crippen LogP contribution in [0.3, 0.4) is 0 Å². The molecule has 9 unspecified atom stereocenters. The highest BCUT2D eigenvalue weighted by atomic mass is 16.6. The second-order valence-electron chi connectivity index (χ2n) is 9.25. The fourth-order valence-corrected chi connectivity index (χ4v) is 5.43. The molecule has 29 heavy (non-hydrogen) atoms. The molecule has 9 atom stereocenters. The van der Waals surface area contributed by atoms with E-state index in [1.165, 1.54) is 5.57 Å². The SMILES string of the molecule is CCC(C)C(=O)OC1C2C(=CC(C)C1C1CC(O)CC(=O)O1)C=CC(C)C2CC. The highest BCUT2D eigenvalue weighted by molar-refractivity contribution is 5.72. The van der Waals surface area contributed by atoms with Gasteiger partial charge in [-0.1, -0.05) is 59.3 Å². The van der Waals surface area contributed by atoms with Crippen molar-refractivity contribution in [3.05, 3.63) is 23.8 Å². The molecule has 0 aromatic heterocycles. The molecule has 1 N–H and O–H groups in total. The molecule has 5 nitrogen and oxygen atoms in total. The second-order valence-corrected chi connectivity index (χ2v) is 9.25. The van der Waals surface area contributed by atoms with Crippen molar-refractivity contribution >= 4 is 11.9 Å². The summed E-state index contributed by atoms with van der Waals surface area (Å²) in [6, 6.07) is 0. The van der Waals surface area contributed by atoms with E-state index in [1.807, 2.05) is 13.8 Å².